The minimum atomic E-state index is 0.722. The highest BCUT2D eigenvalue weighted by molar-refractivity contribution is 4.84. The molecular formula is C15H33N3. The lowest BCUT2D eigenvalue weighted by atomic mass is 9.83. The third-order valence-electron chi connectivity index (χ3n) is 4.07. The summed E-state index contributed by atoms with van der Waals surface area (Å²) in [5.74, 6) is 1.46. The van der Waals surface area contributed by atoms with Crippen LogP contribution in [0.4, 0.5) is 0 Å². The van der Waals surface area contributed by atoms with Crippen molar-refractivity contribution in [2.45, 2.75) is 45.6 Å². The van der Waals surface area contributed by atoms with E-state index in [-0.39, 0.29) is 0 Å². The Morgan fingerprint density at radius 1 is 1.11 bits per heavy atom. The maximum atomic E-state index is 5.98. The van der Waals surface area contributed by atoms with Crippen molar-refractivity contribution in [1.82, 2.24) is 9.80 Å². The van der Waals surface area contributed by atoms with Gasteiger partial charge in [-0.3, -0.25) is 4.90 Å². The molecule has 1 aliphatic carbocycles. The summed E-state index contributed by atoms with van der Waals surface area (Å²) in [6, 6.07) is 0.728. The number of hydrogen-bond acceptors (Lipinski definition) is 3. The van der Waals surface area contributed by atoms with Crippen LogP contribution in [0.2, 0.25) is 0 Å². The summed E-state index contributed by atoms with van der Waals surface area (Å²) < 4.78 is 0. The van der Waals surface area contributed by atoms with Gasteiger partial charge in [-0.25, -0.2) is 0 Å². The fourth-order valence-electron chi connectivity index (χ4n) is 3.13. The van der Waals surface area contributed by atoms with Crippen LogP contribution in [-0.4, -0.2) is 56.1 Å². The van der Waals surface area contributed by atoms with Gasteiger partial charge in [-0.05, 0) is 45.3 Å². The van der Waals surface area contributed by atoms with E-state index in [4.69, 9.17) is 5.73 Å². The molecular weight excluding hydrogens is 222 g/mol. The van der Waals surface area contributed by atoms with Crippen molar-refractivity contribution in [1.29, 1.82) is 0 Å². The largest absolute Gasteiger partial charge is 0.330 e. The molecule has 0 aromatic carbocycles. The smallest absolute Gasteiger partial charge is 0.0136 e. The Morgan fingerprint density at radius 3 is 2.33 bits per heavy atom. The second-order valence-corrected chi connectivity index (χ2v) is 6.54. The third-order valence-corrected chi connectivity index (χ3v) is 4.07. The van der Waals surface area contributed by atoms with E-state index >= 15 is 0 Å². The number of rotatable bonds is 7. The zero-order chi connectivity index (χ0) is 13.5. The average Bonchev–Trinajstić information content (AvgIpc) is 2.33. The van der Waals surface area contributed by atoms with E-state index < -0.39 is 0 Å². The fraction of sp³-hybridized carbons (Fsp3) is 1.00. The van der Waals surface area contributed by atoms with Gasteiger partial charge in [0.05, 0.1) is 0 Å². The maximum Gasteiger partial charge on any atom is 0.0136 e. The zero-order valence-electron chi connectivity index (χ0n) is 12.9. The molecule has 0 aromatic heterocycles. The van der Waals surface area contributed by atoms with Crippen molar-refractivity contribution in [3.63, 3.8) is 0 Å². The highest BCUT2D eigenvalue weighted by Crippen LogP contribution is 2.28. The highest BCUT2D eigenvalue weighted by Gasteiger charge is 2.29. The number of nitrogens with two attached hydrogens (primary N) is 1. The van der Waals surface area contributed by atoms with Crippen LogP contribution in [-0.2, 0) is 0 Å². The number of likely N-dealkylation sites (N-methyl/N-ethyl adjacent to an activating group) is 1. The van der Waals surface area contributed by atoms with E-state index in [0.717, 1.165) is 31.0 Å². The van der Waals surface area contributed by atoms with Crippen molar-refractivity contribution in [2.75, 3.05) is 40.3 Å². The van der Waals surface area contributed by atoms with Crippen molar-refractivity contribution in [3.8, 4) is 0 Å². The van der Waals surface area contributed by atoms with Gasteiger partial charge in [-0.2, -0.15) is 0 Å². The third kappa shape index (κ3) is 5.25. The van der Waals surface area contributed by atoms with Gasteiger partial charge in [-0.15, -0.1) is 0 Å². The van der Waals surface area contributed by atoms with Crippen LogP contribution in [0.25, 0.3) is 0 Å². The second-order valence-electron chi connectivity index (χ2n) is 6.54. The molecule has 2 atom stereocenters. The molecule has 3 heteroatoms. The van der Waals surface area contributed by atoms with Crippen LogP contribution in [0.5, 0.6) is 0 Å². The summed E-state index contributed by atoms with van der Waals surface area (Å²) >= 11 is 0. The highest BCUT2D eigenvalue weighted by atomic mass is 15.2. The summed E-state index contributed by atoms with van der Waals surface area (Å²) in [5, 5.41) is 0. The second kappa shape index (κ2) is 8.13. The number of hydrogen-bond donors (Lipinski definition) is 1. The van der Waals surface area contributed by atoms with Crippen molar-refractivity contribution in [3.05, 3.63) is 0 Å². The molecule has 0 spiro atoms. The summed E-state index contributed by atoms with van der Waals surface area (Å²) in [7, 11) is 4.32. The van der Waals surface area contributed by atoms with Crippen molar-refractivity contribution < 1.29 is 0 Å². The van der Waals surface area contributed by atoms with E-state index in [1.165, 1.54) is 38.8 Å². The Morgan fingerprint density at radius 2 is 1.78 bits per heavy atom. The molecule has 0 aliphatic heterocycles. The van der Waals surface area contributed by atoms with Gasteiger partial charge in [0, 0.05) is 25.7 Å². The Hall–Kier alpha value is -0.120. The van der Waals surface area contributed by atoms with Gasteiger partial charge in [0.2, 0.25) is 0 Å². The van der Waals surface area contributed by atoms with Gasteiger partial charge in [0.15, 0.2) is 0 Å². The molecule has 2 unspecified atom stereocenters. The van der Waals surface area contributed by atoms with Crippen LogP contribution in [0, 0.1) is 11.8 Å². The lowest BCUT2D eigenvalue weighted by molar-refractivity contribution is 0.0880. The first-order valence-electron chi connectivity index (χ1n) is 7.63. The first kappa shape index (κ1) is 15.9. The minimum absolute atomic E-state index is 0.722. The molecule has 1 fully saturated rings. The maximum absolute atomic E-state index is 5.98. The first-order chi connectivity index (χ1) is 8.54. The van der Waals surface area contributed by atoms with Gasteiger partial charge >= 0.3 is 0 Å². The molecule has 1 aliphatic rings. The van der Waals surface area contributed by atoms with Crippen LogP contribution < -0.4 is 5.73 Å². The first-order valence-corrected chi connectivity index (χ1v) is 7.63. The average molecular weight is 255 g/mol. The number of nitrogens with zero attached hydrogens (tertiary/aromatic N) is 2. The summed E-state index contributed by atoms with van der Waals surface area (Å²) in [4.78, 5) is 4.99. The Labute approximate surface area is 114 Å². The minimum Gasteiger partial charge on any atom is -0.330 e. The van der Waals surface area contributed by atoms with E-state index in [9.17, 15) is 0 Å². The van der Waals surface area contributed by atoms with E-state index in [0.29, 0.717) is 0 Å². The molecule has 1 saturated carbocycles. The monoisotopic (exact) mass is 255 g/mol. The summed E-state index contributed by atoms with van der Waals surface area (Å²) in [5.41, 5.74) is 5.98. The molecule has 3 nitrogen and oxygen atoms in total. The molecule has 0 radical (unpaired) electrons. The Kier molecular flexibility index (Phi) is 7.20. The molecule has 0 amide bonds. The zero-order valence-corrected chi connectivity index (χ0v) is 12.9. The van der Waals surface area contributed by atoms with Crippen molar-refractivity contribution in [2.24, 2.45) is 17.6 Å². The lowest BCUT2D eigenvalue weighted by Gasteiger charge is -2.41. The predicted octanol–water partition coefficient (Wildman–Crippen LogP) is 2.02. The predicted molar refractivity (Wildman–Crippen MR) is 79.8 cm³/mol. The molecule has 0 aromatic rings. The van der Waals surface area contributed by atoms with Crippen LogP contribution in [0.3, 0.4) is 0 Å². The summed E-state index contributed by atoms with van der Waals surface area (Å²) in [6.07, 6.45) is 5.44. The van der Waals surface area contributed by atoms with Crippen LogP contribution in [0.1, 0.15) is 39.5 Å². The quantitative estimate of drug-likeness (QED) is 0.755. The summed E-state index contributed by atoms with van der Waals surface area (Å²) in [6.45, 7) is 9.06. The topological polar surface area (TPSA) is 32.5 Å². The Bertz CT molecular complexity index is 216. The molecule has 18 heavy (non-hydrogen) atoms. The van der Waals surface area contributed by atoms with E-state index in [1.54, 1.807) is 0 Å². The fourth-order valence-corrected chi connectivity index (χ4v) is 3.13. The van der Waals surface area contributed by atoms with E-state index in [1.807, 2.05) is 0 Å². The van der Waals surface area contributed by atoms with Gasteiger partial charge in [-0.1, -0.05) is 26.7 Å². The van der Waals surface area contributed by atoms with E-state index in [2.05, 4.69) is 37.7 Å². The molecule has 2 N–H and O–H groups in total. The van der Waals surface area contributed by atoms with Crippen LogP contribution in [0.15, 0.2) is 0 Å². The molecule has 1 rings (SSSR count). The molecule has 0 saturated heterocycles. The van der Waals surface area contributed by atoms with Gasteiger partial charge in [0.25, 0.3) is 0 Å². The molecule has 0 bridgehead atoms. The van der Waals surface area contributed by atoms with Gasteiger partial charge in [0.1, 0.15) is 0 Å². The standard InChI is InChI=1S/C15H33N3/c1-13(2)12-18(10-9-17(3)4)15-8-6-5-7-14(15)11-16/h13-15H,5-12,16H2,1-4H3. The van der Waals surface area contributed by atoms with Crippen LogP contribution >= 0.6 is 0 Å². The normalized spacial score (nSPS) is 25.3. The lowest BCUT2D eigenvalue weighted by Crippen LogP contribution is -2.48. The Balaban J connectivity index is 2.60. The molecule has 0 heterocycles. The van der Waals surface area contributed by atoms with Crippen molar-refractivity contribution >= 4 is 0 Å². The SMILES string of the molecule is CC(C)CN(CCN(C)C)C1CCCCC1CN. The molecule has 108 valence electrons. The van der Waals surface area contributed by atoms with Gasteiger partial charge < -0.3 is 10.6 Å².